The summed E-state index contributed by atoms with van der Waals surface area (Å²) in [5.41, 5.74) is 0.823. The smallest absolute Gasteiger partial charge is 0.262 e. The van der Waals surface area contributed by atoms with Gasteiger partial charge in [-0.3, -0.25) is 4.79 Å². The number of rotatable bonds is 12. The van der Waals surface area contributed by atoms with Crippen LogP contribution < -0.4 is 10.1 Å². The number of unbranched alkanes of at least 4 members (excludes halogenated alkanes) is 5. The molecule has 0 aliphatic carbocycles. The van der Waals surface area contributed by atoms with E-state index < -0.39 is 5.91 Å². The van der Waals surface area contributed by atoms with E-state index >= 15 is 0 Å². The van der Waals surface area contributed by atoms with Gasteiger partial charge in [-0.05, 0) is 42.3 Å². The fourth-order valence-electron chi connectivity index (χ4n) is 2.72. The van der Waals surface area contributed by atoms with E-state index in [9.17, 15) is 10.1 Å². The zero-order valence-electron chi connectivity index (χ0n) is 16.4. The number of nitrogens with one attached hydrogen (secondary N) is 1. The van der Waals surface area contributed by atoms with E-state index in [1.165, 1.54) is 32.1 Å². The van der Waals surface area contributed by atoms with E-state index in [2.05, 4.69) is 12.2 Å². The molecule has 0 bridgehead atoms. The lowest BCUT2D eigenvalue weighted by atomic mass is 10.1. The Kier molecular flexibility index (Phi) is 9.43. The van der Waals surface area contributed by atoms with Crippen LogP contribution in [-0.4, -0.2) is 12.5 Å². The van der Waals surface area contributed by atoms with Gasteiger partial charge in [-0.15, -0.1) is 0 Å². The monoisotopic (exact) mass is 380 g/mol. The molecule has 2 rings (SSSR count). The Morgan fingerprint density at radius 1 is 1.14 bits per heavy atom. The van der Waals surface area contributed by atoms with Gasteiger partial charge >= 0.3 is 0 Å². The molecule has 1 heterocycles. The molecule has 0 fully saturated rings. The molecule has 0 atom stereocenters. The van der Waals surface area contributed by atoms with E-state index in [0.29, 0.717) is 12.4 Å². The van der Waals surface area contributed by atoms with Crippen molar-refractivity contribution in [1.29, 1.82) is 5.26 Å². The third-order valence-corrected chi connectivity index (χ3v) is 4.33. The summed E-state index contributed by atoms with van der Waals surface area (Å²) in [4.78, 5) is 12.1. The normalized spacial score (nSPS) is 11.1. The lowest BCUT2D eigenvalue weighted by Gasteiger charge is -2.07. The predicted octanol–water partition coefficient (Wildman–Crippen LogP) is 5.24. The average Bonchev–Trinajstić information content (AvgIpc) is 3.24. The summed E-state index contributed by atoms with van der Waals surface area (Å²) in [6.45, 7) is 3.17. The Labute approximate surface area is 167 Å². The van der Waals surface area contributed by atoms with Gasteiger partial charge in [-0.2, -0.15) is 5.26 Å². The fourth-order valence-corrected chi connectivity index (χ4v) is 2.72. The number of carbonyl (C=O) groups is 1. The number of amides is 1. The number of carbonyl (C=O) groups excluding carboxylic acids is 1. The van der Waals surface area contributed by atoms with Crippen molar-refractivity contribution in [2.45, 2.75) is 52.0 Å². The summed E-state index contributed by atoms with van der Waals surface area (Å²) in [5, 5.41) is 11.9. The highest BCUT2D eigenvalue weighted by Gasteiger charge is 2.09. The largest absolute Gasteiger partial charge is 0.494 e. The molecule has 148 valence electrons. The second-order valence-corrected chi connectivity index (χ2v) is 6.62. The van der Waals surface area contributed by atoms with Crippen molar-refractivity contribution in [3.05, 3.63) is 59.6 Å². The molecule has 1 amide bonds. The standard InChI is InChI=1S/C23H28N2O3/c1-2-3-4-5-6-7-14-27-21-12-10-19(11-13-21)16-20(17-24)23(26)25-18-22-9-8-15-28-22/h8-13,15-16H,2-7,14,18H2,1H3,(H,25,26)/b20-16+. The summed E-state index contributed by atoms with van der Waals surface area (Å²) in [6, 6.07) is 12.9. The number of benzene rings is 1. The van der Waals surface area contributed by atoms with Crippen molar-refractivity contribution in [1.82, 2.24) is 5.32 Å². The number of ether oxygens (including phenoxy) is 1. The van der Waals surface area contributed by atoms with Crippen LogP contribution in [0.1, 0.15) is 56.8 Å². The quantitative estimate of drug-likeness (QED) is 0.310. The van der Waals surface area contributed by atoms with Gasteiger partial charge in [0.05, 0.1) is 19.4 Å². The van der Waals surface area contributed by atoms with E-state index in [1.807, 2.05) is 30.3 Å². The maximum atomic E-state index is 12.1. The molecule has 0 saturated heterocycles. The molecule has 0 radical (unpaired) electrons. The second kappa shape index (κ2) is 12.4. The Bertz CT molecular complexity index is 771. The Morgan fingerprint density at radius 2 is 1.89 bits per heavy atom. The molecule has 5 nitrogen and oxygen atoms in total. The average molecular weight is 380 g/mol. The minimum atomic E-state index is -0.428. The van der Waals surface area contributed by atoms with Gasteiger partial charge in [0, 0.05) is 0 Å². The molecule has 0 spiro atoms. The molecule has 0 aliphatic rings. The van der Waals surface area contributed by atoms with Gasteiger partial charge in [-0.1, -0.05) is 51.2 Å². The SMILES string of the molecule is CCCCCCCCOc1ccc(/C=C(\C#N)C(=O)NCc2ccco2)cc1. The molecular weight excluding hydrogens is 352 g/mol. The van der Waals surface area contributed by atoms with Crippen LogP contribution in [0.3, 0.4) is 0 Å². The predicted molar refractivity (Wildman–Crippen MR) is 109 cm³/mol. The van der Waals surface area contributed by atoms with Crippen molar-refractivity contribution in [3.63, 3.8) is 0 Å². The lowest BCUT2D eigenvalue weighted by Crippen LogP contribution is -2.23. The third-order valence-electron chi connectivity index (χ3n) is 4.33. The second-order valence-electron chi connectivity index (χ2n) is 6.62. The summed E-state index contributed by atoms with van der Waals surface area (Å²) in [6.07, 6.45) is 10.5. The van der Waals surface area contributed by atoms with Gasteiger partial charge < -0.3 is 14.5 Å². The highest BCUT2D eigenvalue weighted by atomic mass is 16.5. The first kappa shape index (κ1) is 21.3. The minimum absolute atomic E-state index is 0.0484. The third kappa shape index (κ3) is 7.71. The number of hydrogen-bond acceptors (Lipinski definition) is 4. The molecule has 5 heteroatoms. The number of hydrogen-bond donors (Lipinski definition) is 1. The van der Waals surface area contributed by atoms with Crippen molar-refractivity contribution >= 4 is 12.0 Å². The van der Waals surface area contributed by atoms with Crippen molar-refractivity contribution in [2.75, 3.05) is 6.61 Å². The lowest BCUT2D eigenvalue weighted by molar-refractivity contribution is -0.117. The van der Waals surface area contributed by atoms with E-state index in [0.717, 1.165) is 17.7 Å². The molecule has 28 heavy (non-hydrogen) atoms. The van der Waals surface area contributed by atoms with Crippen LogP contribution >= 0.6 is 0 Å². The first-order chi connectivity index (χ1) is 13.7. The van der Waals surface area contributed by atoms with Gasteiger partial charge in [0.2, 0.25) is 0 Å². The van der Waals surface area contributed by atoms with Crippen molar-refractivity contribution in [2.24, 2.45) is 0 Å². The molecule has 2 aromatic rings. The minimum Gasteiger partial charge on any atom is -0.494 e. The highest BCUT2D eigenvalue weighted by molar-refractivity contribution is 6.01. The zero-order valence-corrected chi connectivity index (χ0v) is 16.4. The number of nitriles is 1. The van der Waals surface area contributed by atoms with Crippen LogP contribution in [0.5, 0.6) is 5.75 Å². The summed E-state index contributed by atoms with van der Waals surface area (Å²) in [7, 11) is 0. The zero-order chi connectivity index (χ0) is 20.0. The molecule has 1 aromatic heterocycles. The fraction of sp³-hybridized carbons (Fsp3) is 0.391. The summed E-state index contributed by atoms with van der Waals surface area (Å²) in [5.74, 6) is 1.01. The van der Waals surface area contributed by atoms with Crippen molar-refractivity contribution in [3.8, 4) is 11.8 Å². The first-order valence-electron chi connectivity index (χ1n) is 9.88. The Balaban J connectivity index is 1.78. The van der Waals surface area contributed by atoms with Crippen LogP contribution in [0, 0.1) is 11.3 Å². The van der Waals surface area contributed by atoms with Gasteiger partial charge in [0.1, 0.15) is 23.2 Å². The van der Waals surface area contributed by atoms with E-state index in [4.69, 9.17) is 9.15 Å². The van der Waals surface area contributed by atoms with Crippen molar-refractivity contribution < 1.29 is 13.9 Å². The molecule has 0 aliphatic heterocycles. The molecule has 1 aromatic carbocycles. The Hall–Kier alpha value is -3.00. The number of nitrogens with zero attached hydrogens (tertiary/aromatic N) is 1. The maximum Gasteiger partial charge on any atom is 0.262 e. The van der Waals surface area contributed by atoms with Crippen LogP contribution in [0.2, 0.25) is 0 Å². The maximum absolute atomic E-state index is 12.1. The summed E-state index contributed by atoms with van der Waals surface area (Å²) >= 11 is 0. The summed E-state index contributed by atoms with van der Waals surface area (Å²) < 4.78 is 10.9. The molecule has 0 unspecified atom stereocenters. The topological polar surface area (TPSA) is 75.3 Å². The van der Waals surface area contributed by atoms with Crippen LogP contribution in [0.15, 0.2) is 52.7 Å². The van der Waals surface area contributed by atoms with E-state index in [-0.39, 0.29) is 12.1 Å². The molecule has 1 N–H and O–H groups in total. The van der Waals surface area contributed by atoms with Gasteiger partial charge in [0.25, 0.3) is 5.91 Å². The van der Waals surface area contributed by atoms with Gasteiger partial charge in [0.15, 0.2) is 0 Å². The van der Waals surface area contributed by atoms with Crippen LogP contribution in [-0.2, 0) is 11.3 Å². The van der Waals surface area contributed by atoms with Crippen LogP contribution in [0.4, 0.5) is 0 Å². The van der Waals surface area contributed by atoms with E-state index in [1.54, 1.807) is 24.5 Å². The Morgan fingerprint density at radius 3 is 2.57 bits per heavy atom. The van der Waals surface area contributed by atoms with Crippen LogP contribution in [0.25, 0.3) is 6.08 Å². The molecule has 0 saturated carbocycles. The first-order valence-corrected chi connectivity index (χ1v) is 9.88. The number of furan rings is 1. The van der Waals surface area contributed by atoms with Gasteiger partial charge in [-0.25, -0.2) is 0 Å². The highest BCUT2D eigenvalue weighted by Crippen LogP contribution is 2.15. The molecular formula is C23H28N2O3.